The maximum Gasteiger partial charge on any atom is 0.303 e. The summed E-state index contributed by atoms with van der Waals surface area (Å²) in [6, 6.07) is 2.09. The van der Waals surface area contributed by atoms with E-state index in [0.29, 0.717) is 52.3 Å². The van der Waals surface area contributed by atoms with Gasteiger partial charge < -0.3 is 14.7 Å². The number of pyridine rings is 1. The molecule has 0 aliphatic carbocycles. The van der Waals surface area contributed by atoms with Gasteiger partial charge in [-0.05, 0) is 52.2 Å². The van der Waals surface area contributed by atoms with Crippen LogP contribution in [0.25, 0.3) is 6.08 Å². The molecule has 2 saturated heterocycles. The van der Waals surface area contributed by atoms with Crippen molar-refractivity contribution < 1.29 is 19.4 Å². The summed E-state index contributed by atoms with van der Waals surface area (Å²) < 4.78 is 8.09. The van der Waals surface area contributed by atoms with Crippen molar-refractivity contribution in [3.05, 3.63) is 31.9 Å². The third-order valence-corrected chi connectivity index (χ3v) is 8.93. The van der Waals surface area contributed by atoms with Crippen molar-refractivity contribution in [1.82, 2.24) is 9.47 Å². The van der Waals surface area contributed by atoms with Crippen LogP contribution in [-0.4, -0.2) is 62.6 Å². The summed E-state index contributed by atoms with van der Waals surface area (Å²) >= 11 is 6.85. The molecule has 0 bridgehead atoms. The van der Waals surface area contributed by atoms with Crippen LogP contribution in [0.1, 0.15) is 95.2 Å². The number of carbonyl (C=O) groups is 2. The zero-order chi connectivity index (χ0) is 30.1. The van der Waals surface area contributed by atoms with Crippen LogP contribution in [0, 0.1) is 18.3 Å². The van der Waals surface area contributed by atoms with Crippen LogP contribution in [0.15, 0.2) is 9.70 Å². The fourth-order valence-electron chi connectivity index (χ4n) is 5.56. The monoisotopic (exact) mass is 602 g/mol. The second-order valence-electron chi connectivity index (χ2n) is 10.9. The number of thioether (sulfide) groups is 1. The Morgan fingerprint density at radius 2 is 1.68 bits per heavy atom. The number of rotatable bonds is 14. The Morgan fingerprint density at radius 1 is 1.10 bits per heavy atom. The minimum Gasteiger partial charge on any atom is -0.481 e. The van der Waals surface area contributed by atoms with Crippen LogP contribution in [0.3, 0.4) is 0 Å². The van der Waals surface area contributed by atoms with E-state index >= 15 is 0 Å². The Bertz CT molecular complexity index is 1260. The summed E-state index contributed by atoms with van der Waals surface area (Å²) in [7, 11) is 0. The summed E-state index contributed by atoms with van der Waals surface area (Å²) in [6.45, 7) is 9.81. The van der Waals surface area contributed by atoms with Gasteiger partial charge in [-0.3, -0.25) is 23.9 Å². The molecule has 2 fully saturated rings. The first-order chi connectivity index (χ1) is 19.6. The van der Waals surface area contributed by atoms with Gasteiger partial charge in [0.15, 0.2) is 0 Å². The molecule has 0 radical (unpaired) electrons. The molecule has 3 heterocycles. The van der Waals surface area contributed by atoms with Gasteiger partial charge in [-0.25, -0.2) is 0 Å². The molecule has 0 spiro atoms. The van der Waals surface area contributed by atoms with Gasteiger partial charge in [-0.15, -0.1) is 0 Å². The van der Waals surface area contributed by atoms with Crippen molar-refractivity contribution in [2.45, 2.75) is 104 Å². The maximum absolute atomic E-state index is 13.5. The summed E-state index contributed by atoms with van der Waals surface area (Å²) in [6.07, 6.45) is 9.84. The van der Waals surface area contributed by atoms with Crippen molar-refractivity contribution in [2.75, 3.05) is 24.5 Å². The number of unbranched alkanes of at least 4 members (excludes halogenated alkanes) is 7. The van der Waals surface area contributed by atoms with Gasteiger partial charge in [0.2, 0.25) is 0 Å². The number of hydrogen-bond donors (Lipinski definition) is 1. The predicted octanol–water partition coefficient (Wildman–Crippen LogP) is 5.46. The van der Waals surface area contributed by atoms with Crippen LogP contribution in [0.4, 0.5) is 5.82 Å². The quantitative estimate of drug-likeness (QED) is 0.168. The Labute approximate surface area is 252 Å². The van der Waals surface area contributed by atoms with E-state index in [1.165, 1.54) is 11.8 Å². The zero-order valence-electron chi connectivity index (χ0n) is 24.6. The van der Waals surface area contributed by atoms with Crippen molar-refractivity contribution in [1.29, 1.82) is 5.26 Å². The first kappa shape index (κ1) is 32.8. The molecule has 1 N–H and O–H groups in total. The van der Waals surface area contributed by atoms with Gasteiger partial charge in [-0.1, -0.05) is 62.5 Å². The minimum absolute atomic E-state index is 0.0295. The molecule has 1 aromatic rings. The van der Waals surface area contributed by atoms with Gasteiger partial charge in [0.05, 0.1) is 17.1 Å². The highest BCUT2D eigenvalue weighted by Gasteiger charge is 2.34. The minimum atomic E-state index is -0.732. The number of hydrogen-bond acceptors (Lipinski definition) is 8. The lowest BCUT2D eigenvalue weighted by Crippen LogP contribution is -2.48. The first-order valence-corrected chi connectivity index (χ1v) is 15.9. The van der Waals surface area contributed by atoms with E-state index in [-0.39, 0.29) is 35.7 Å². The van der Waals surface area contributed by atoms with Crippen molar-refractivity contribution in [3.8, 4) is 6.07 Å². The lowest BCUT2D eigenvalue weighted by Gasteiger charge is -2.39. The number of carboxylic acid groups (broad SMARTS) is 1. The third kappa shape index (κ3) is 8.43. The van der Waals surface area contributed by atoms with Gasteiger partial charge in [-0.2, -0.15) is 5.26 Å². The van der Waals surface area contributed by atoms with Crippen LogP contribution >= 0.6 is 24.0 Å². The molecule has 9 nitrogen and oxygen atoms in total. The van der Waals surface area contributed by atoms with Crippen LogP contribution in [0.2, 0.25) is 0 Å². The zero-order valence-corrected chi connectivity index (χ0v) is 26.2. The third-order valence-electron chi connectivity index (χ3n) is 7.55. The van der Waals surface area contributed by atoms with Crippen molar-refractivity contribution >= 4 is 52.1 Å². The number of carbonyl (C=O) groups excluding carboxylic acids is 1. The molecular weight excluding hydrogens is 560 g/mol. The maximum atomic E-state index is 13.5. The van der Waals surface area contributed by atoms with Crippen LogP contribution in [0.5, 0.6) is 0 Å². The van der Waals surface area contributed by atoms with Crippen molar-refractivity contribution in [2.24, 2.45) is 0 Å². The molecule has 0 saturated carbocycles. The fraction of sp³-hybridized carbons (Fsp3) is 0.633. The van der Waals surface area contributed by atoms with Gasteiger partial charge in [0.1, 0.15) is 21.8 Å². The normalized spacial score (nSPS) is 20.2. The first-order valence-electron chi connectivity index (χ1n) is 14.6. The van der Waals surface area contributed by atoms with E-state index in [9.17, 15) is 19.6 Å². The number of aliphatic carboxylic acids is 1. The van der Waals surface area contributed by atoms with Crippen LogP contribution in [-0.2, 0) is 20.9 Å². The molecule has 2 atom stereocenters. The lowest BCUT2D eigenvalue weighted by atomic mass is 10.0. The summed E-state index contributed by atoms with van der Waals surface area (Å²) in [4.78, 5) is 41.6. The number of nitriles is 1. The Morgan fingerprint density at radius 3 is 2.24 bits per heavy atom. The van der Waals surface area contributed by atoms with Gasteiger partial charge in [0, 0.05) is 38.2 Å². The van der Waals surface area contributed by atoms with E-state index in [4.69, 9.17) is 22.1 Å². The number of nitrogens with zero attached hydrogens (tertiary/aromatic N) is 4. The van der Waals surface area contributed by atoms with E-state index in [0.717, 1.165) is 51.4 Å². The second-order valence-corrected chi connectivity index (χ2v) is 12.5. The summed E-state index contributed by atoms with van der Waals surface area (Å²) in [5, 5.41) is 18.5. The SMILES string of the molecule is CCn1c(N2CC(C)OC(C)C2)c(/C=C2\SC(=S)N(CCCCCCCCCCC(=O)O)C2=O)c(C)c(C#N)c1=O. The van der Waals surface area contributed by atoms with Gasteiger partial charge >= 0.3 is 5.97 Å². The number of anilines is 1. The average molecular weight is 603 g/mol. The molecule has 1 aromatic heterocycles. The smallest absolute Gasteiger partial charge is 0.303 e. The molecule has 1 amide bonds. The number of morpholine rings is 1. The Hall–Kier alpha value is -2.68. The Balaban J connectivity index is 1.73. The molecule has 11 heteroatoms. The van der Waals surface area contributed by atoms with Gasteiger partial charge in [0.25, 0.3) is 11.5 Å². The topological polar surface area (TPSA) is 116 Å². The van der Waals surface area contributed by atoms with E-state index in [2.05, 4.69) is 11.0 Å². The standard InChI is InChI=1S/C30H42N4O5S2/c1-5-33-27(32-18-20(2)39-21(3)19-32)23(22(4)24(17-31)28(33)37)16-25-29(38)34(30(40)41-25)15-13-11-9-7-6-8-10-12-14-26(35)36/h16,20-21H,5-15,18-19H2,1-4H3,(H,35,36)/b25-16-. The number of ether oxygens (including phenoxy) is 1. The number of carboxylic acids is 1. The molecule has 224 valence electrons. The molecule has 0 aromatic carbocycles. The second kappa shape index (κ2) is 15.5. The number of thiocarbonyl (C=S) groups is 1. The molecule has 2 unspecified atom stereocenters. The van der Waals surface area contributed by atoms with Crippen LogP contribution < -0.4 is 10.5 Å². The van der Waals surface area contributed by atoms with E-state index in [1.54, 1.807) is 16.4 Å². The summed E-state index contributed by atoms with van der Waals surface area (Å²) in [5.74, 6) is -0.158. The Kier molecular flexibility index (Phi) is 12.4. The lowest BCUT2D eigenvalue weighted by molar-refractivity contribution is -0.137. The fourth-order valence-corrected chi connectivity index (χ4v) is 6.85. The average Bonchev–Trinajstić information content (AvgIpc) is 3.17. The predicted molar refractivity (Wildman–Crippen MR) is 167 cm³/mol. The number of aromatic nitrogens is 1. The largest absolute Gasteiger partial charge is 0.481 e. The highest BCUT2D eigenvalue weighted by molar-refractivity contribution is 8.26. The molecular formula is C30H42N4O5S2. The summed E-state index contributed by atoms with van der Waals surface area (Å²) in [5.41, 5.74) is 1.04. The molecule has 41 heavy (non-hydrogen) atoms. The number of amides is 1. The van der Waals surface area contributed by atoms with E-state index < -0.39 is 5.97 Å². The van der Waals surface area contributed by atoms with E-state index in [1.807, 2.05) is 26.8 Å². The molecule has 2 aliphatic heterocycles. The highest BCUT2D eigenvalue weighted by atomic mass is 32.2. The molecule has 2 aliphatic rings. The molecule has 3 rings (SSSR count). The highest BCUT2D eigenvalue weighted by Crippen LogP contribution is 2.36. The van der Waals surface area contributed by atoms with Crippen molar-refractivity contribution in [3.63, 3.8) is 0 Å².